The van der Waals surface area contributed by atoms with Crippen LogP contribution in [0.25, 0.3) is 0 Å². The molecule has 0 saturated heterocycles. The lowest BCUT2D eigenvalue weighted by molar-refractivity contribution is -0.125. The lowest BCUT2D eigenvalue weighted by Gasteiger charge is -2.21. The average molecular weight is 371 g/mol. The highest BCUT2D eigenvalue weighted by Gasteiger charge is 2.27. The molecule has 0 radical (unpaired) electrons. The van der Waals surface area contributed by atoms with Gasteiger partial charge in [-0.2, -0.15) is 5.10 Å². The molecule has 2 atom stereocenters. The first-order valence-electron chi connectivity index (χ1n) is 8.27. The van der Waals surface area contributed by atoms with Crippen molar-refractivity contribution in [2.45, 2.75) is 52.1 Å². The van der Waals surface area contributed by atoms with Crippen molar-refractivity contribution in [2.24, 2.45) is 0 Å². The third-order valence-electron chi connectivity index (χ3n) is 4.18. The van der Waals surface area contributed by atoms with Gasteiger partial charge in [0.2, 0.25) is 5.91 Å². The van der Waals surface area contributed by atoms with Crippen molar-refractivity contribution in [2.75, 3.05) is 0 Å². The van der Waals surface area contributed by atoms with E-state index in [9.17, 15) is 22.4 Å². The number of aryl methyl sites for hydroxylation is 1. The second-order valence-corrected chi connectivity index (χ2v) is 6.10. The van der Waals surface area contributed by atoms with Gasteiger partial charge in [-0.15, -0.1) is 0 Å². The van der Waals surface area contributed by atoms with Crippen LogP contribution in [0.5, 0.6) is 0 Å². The molecule has 2 unspecified atom stereocenters. The molecule has 1 N–H and O–H groups in total. The number of benzene rings is 1. The van der Waals surface area contributed by atoms with E-state index in [0.717, 1.165) is 11.1 Å². The summed E-state index contributed by atoms with van der Waals surface area (Å²) in [5, 5.41) is 6.27. The summed E-state index contributed by atoms with van der Waals surface area (Å²) in [5.74, 6) is -0.566. The lowest BCUT2D eigenvalue weighted by atomic mass is 10.0. The van der Waals surface area contributed by atoms with Crippen LogP contribution in [-0.2, 0) is 4.79 Å². The van der Waals surface area contributed by atoms with Crippen molar-refractivity contribution in [3.8, 4) is 0 Å². The monoisotopic (exact) mass is 371 g/mol. The predicted octanol–water partition coefficient (Wildman–Crippen LogP) is 4.90. The molecule has 1 amide bonds. The van der Waals surface area contributed by atoms with Crippen LogP contribution in [0.3, 0.4) is 0 Å². The summed E-state index contributed by atoms with van der Waals surface area (Å²) >= 11 is 0. The Hall–Kier alpha value is -2.38. The summed E-state index contributed by atoms with van der Waals surface area (Å²) in [6, 6.07) is 6.74. The number of carbonyl (C=O) groups excluding carboxylic acids is 1. The number of hydrogen-bond donors (Lipinski definition) is 1. The van der Waals surface area contributed by atoms with E-state index in [1.165, 1.54) is 6.92 Å². The van der Waals surface area contributed by atoms with Crippen molar-refractivity contribution in [3.63, 3.8) is 0 Å². The molecule has 8 heteroatoms. The van der Waals surface area contributed by atoms with Crippen molar-refractivity contribution >= 4 is 5.91 Å². The minimum Gasteiger partial charge on any atom is -0.347 e. The Morgan fingerprint density at radius 3 is 2.27 bits per heavy atom. The van der Waals surface area contributed by atoms with E-state index in [2.05, 4.69) is 10.4 Å². The van der Waals surface area contributed by atoms with Gasteiger partial charge in [-0.05, 0) is 31.9 Å². The Balaban J connectivity index is 2.22. The minimum absolute atomic E-state index is 0.314. The Morgan fingerprint density at radius 2 is 1.77 bits per heavy atom. The SMILES string of the molecule is CCC(NC(=O)C(C)n1nc(C(F)F)cc1C(F)F)c1ccc(C)cc1. The first kappa shape index (κ1) is 19.9. The molecule has 0 bridgehead atoms. The molecule has 0 saturated carbocycles. The maximum Gasteiger partial charge on any atom is 0.282 e. The van der Waals surface area contributed by atoms with Crippen LogP contribution in [-0.4, -0.2) is 15.7 Å². The van der Waals surface area contributed by atoms with Crippen LogP contribution >= 0.6 is 0 Å². The van der Waals surface area contributed by atoms with E-state index in [1.807, 2.05) is 38.1 Å². The van der Waals surface area contributed by atoms with E-state index in [0.29, 0.717) is 17.2 Å². The summed E-state index contributed by atoms with van der Waals surface area (Å²) in [7, 11) is 0. The highest BCUT2D eigenvalue weighted by atomic mass is 19.3. The van der Waals surface area contributed by atoms with Crippen LogP contribution in [0.2, 0.25) is 0 Å². The van der Waals surface area contributed by atoms with Crippen LogP contribution in [0.1, 0.15) is 67.7 Å². The van der Waals surface area contributed by atoms with Crippen molar-refractivity contribution in [1.29, 1.82) is 0 Å². The van der Waals surface area contributed by atoms with Gasteiger partial charge < -0.3 is 5.32 Å². The zero-order chi connectivity index (χ0) is 19.4. The number of rotatable bonds is 7. The molecule has 0 fully saturated rings. The fourth-order valence-corrected chi connectivity index (χ4v) is 2.63. The molecule has 2 aromatic rings. The molecule has 2 rings (SSSR count). The highest BCUT2D eigenvalue weighted by molar-refractivity contribution is 5.80. The predicted molar refractivity (Wildman–Crippen MR) is 89.2 cm³/mol. The quantitative estimate of drug-likeness (QED) is 0.704. The van der Waals surface area contributed by atoms with Gasteiger partial charge in [0, 0.05) is 0 Å². The maximum atomic E-state index is 13.1. The van der Waals surface area contributed by atoms with Crippen LogP contribution in [0.4, 0.5) is 17.6 Å². The molecule has 0 aliphatic heterocycles. The smallest absolute Gasteiger partial charge is 0.282 e. The van der Waals surface area contributed by atoms with Crippen molar-refractivity contribution in [3.05, 3.63) is 52.8 Å². The molecule has 142 valence electrons. The number of halogens is 4. The summed E-state index contributed by atoms with van der Waals surface area (Å²) in [6.07, 6.45) is -5.41. The highest BCUT2D eigenvalue weighted by Crippen LogP contribution is 2.28. The lowest BCUT2D eigenvalue weighted by Crippen LogP contribution is -2.35. The molecule has 26 heavy (non-hydrogen) atoms. The topological polar surface area (TPSA) is 46.9 Å². The number of nitrogens with one attached hydrogen (secondary N) is 1. The largest absolute Gasteiger partial charge is 0.347 e. The Bertz CT molecular complexity index is 743. The van der Waals surface area contributed by atoms with Crippen LogP contribution in [0, 0.1) is 6.92 Å². The number of nitrogens with zero attached hydrogens (tertiary/aromatic N) is 2. The Morgan fingerprint density at radius 1 is 1.15 bits per heavy atom. The van der Waals surface area contributed by atoms with Gasteiger partial charge in [0.05, 0.1) is 6.04 Å². The number of aromatic nitrogens is 2. The maximum absolute atomic E-state index is 13.1. The molecule has 4 nitrogen and oxygen atoms in total. The Labute approximate surface area is 149 Å². The van der Waals surface area contributed by atoms with Gasteiger partial charge in [0.15, 0.2) is 0 Å². The summed E-state index contributed by atoms with van der Waals surface area (Å²) < 4.78 is 52.5. The fraction of sp³-hybridized carbons (Fsp3) is 0.444. The molecule has 1 aromatic carbocycles. The molecule has 0 spiro atoms. The zero-order valence-corrected chi connectivity index (χ0v) is 14.7. The number of hydrogen-bond acceptors (Lipinski definition) is 2. The number of alkyl halides is 4. The molecule has 1 aromatic heterocycles. The standard InChI is InChI=1S/C18H21F4N3O/c1-4-13(12-7-5-10(2)6-8-12)23-18(26)11(3)25-15(17(21)22)9-14(24-25)16(19)20/h5-9,11,13,16-17H,4H2,1-3H3,(H,23,26). The average Bonchev–Trinajstić information content (AvgIpc) is 3.05. The van der Waals surface area contributed by atoms with Crippen molar-refractivity contribution < 1.29 is 22.4 Å². The Kier molecular flexibility index (Phi) is 6.39. The number of carbonyl (C=O) groups is 1. The van der Waals surface area contributed by atoms with Gasteiger partial charge in [-0.3, -0.25) is 9.48 Å². The first-order valence-corrected chi connectivity index (χ1v) is 8.27. The van der Waals surface area contributed by atoms with E-state index < -0.39 is 36.2 Å². The molecule has 0 aliphatic rings. The zero-order valence-electron chi connectivity index (χ0n) is 14.7. The number of amides is 1. The van der Waals surface area contributed by atoms with Gasteiger partial charge in [-0.25, -0.2) is 17.6 Å². The summed E-state index contributed by atoms with van der Waals surface area (Å²) in [5.41, 5.74) is 0.472. The van der Waals surface area contributed by atoms with Crippen LogP contribution < -0.4 is 5.32 Å². The third-order valence-corrected chi connectivity index (χ3v) is 4.18. The normalized spacial score (nSPS) is 13.9. The van der Waals surface area contributed by atoms with Gasteiger partial charge in [0.25, 0.3) is 12.9 Å². The van der Waals surface area contributed by atoms with Crippen molar-refractivity contribution in [1.82, 2.24) is 15.1 Å². The second kappa shape index (κ2) is 8.33. The van der Waals surface area contributed by atoms with E-state index in [-0.39, 0.29) is 6.04 Å². The summed E-state index contributed by atoms with van der Waals surface area (Å²) in [4.78, 5) is 12.5. The van der Waals surface area contributed by atoms with Gasteiger partial charge in [0.1, 0.15) is 17.4 Å². The molecule has 0 aliphatic carbocycles. The minimum atomic E-state index is -3.01. The van der Waals surface area contributed by atoms with Gasteiger partial charge >= 0.3 is 0 Å². The molecule has 1 heterocycles. The second-order valence-electron chi connectivity index (χ2n) is 6.10. The fourth-order valence-electron chi connectivity index (χ4n) is 2.63. The summed E-state index contributed by atoms with van der Waals surface area (Å²) in [6.45, 7) is 5.17. The first-order chi connectivity index (χ1) is 12.2. The van der Waals surface area contributed by atoms with E-state index >= 15 is 0 Å². The van der Waals surface area contributed by atoms with Crippen LogP contribution in [0.15, 0.2) is 30.3 Å². The molecular formula is C18H21F4N3O. The van der Waals surface area contributed by atoms with E-state index in [4.69, 9.17) is 0 Å². The van der Waals surface area contributed by atoms with Gasteiger partial charge in [-0.1, -0.05) is 36.8 Å². The molecular weight excluding hydrogens is 350 g/mol. The third kappa shape index (κ3) is 4.42. The van der Waals surface area contributed by atoms with E-state index in [1.54, 1.807) is 0 Å².